The Morgan fingerprint density at radius 2 is 2.17 bits per heavy atom. The number of halogens is 1. The summed E-state index contributed by atoms with van der Waals surface area (Å²) in [6.07, 6.45) is 3.64. The van der Waals surface area contributed by atoms with E-state index in [9.17, 15) is 9.18 Å². The molecule has 2 N–H and O–H groups in total. The molecule has 3 rings (SSSR count). The smallest absolute Gasteiger partial charge is 0.273 e. The van der Waals surface area contributed by atoms with Gasteiger partial charge in [0.05, 0.1) is 18.3 Å². The van der Waals surface area contributed by atoms with Crippen LogP contribution in [0.4, 0.5) is 4.39 Å². The van der Waals surface area contributed by atoms with Crippen LogP contribution in [0.5, 0.6) is 0 Å². The number of benzene rings is 1. The molecule has 1 aliphatic heterocycles. The van der Waals surface area contributed by atoms with Crippen molar-refractivity contribution in [2.45, 2.75) is 38.8 Å². The monoisotopic (exact) mass is 331 g/mol. The molecule has 1 amide bonds. The fourth-order valence-electron chi connectivity index (χ4n) is 2.86. The molecule has 128 valence electrons. The van der Waals surface area contributed by atoms with E-state index in [1.807, 2.05) is 13.0 Å². The summed E-state index contributed by atoms with van der Waals surface area (Å²) in [6, 6.07) is 4.95. The maximum absolute atomic E-state index is 13.7. The van der Waals surface area contributed by atoms with Crippen molar-refractivity contribution in [3.05, 3.63) is 47.0 Å². The Labute approximate surface area is 140 Å². The lowest BCUT2D eigenvalue weighted by Crippen LogP contribution is -2.29. The molecule has 1 fully saturated rings. The third-order valence-corrected chi connectivity index (χ3v) is 4.47. The normalized spacial score (nSPS) is 16.8. The van der Waals surface area contributed by atoms with E-state index in [0.29, 0.717) is 5.56 Å². The highest BCUT2D eigenvalue weighted by molar-refractivity contribution is 5.92. The highest BCUT2D eigenvalue weighted by atomic mass is 19.1. The number of piperidine rings is 1. The first-order valence-electron chi connectivity index (χ1n) is 8.24. The van der Waals surface area contributed by atoms with Crippen LogP contribution >= 0.6 is 0 Å². The largest absolute Gasteiger partial charge is 0.344 e. The summed E-state index contributed by atoms with van der Waals surface area (Å²) < 4.78 is 15.4. The van der Waals surface area contributed by atoms with E-state index in [0.717, 1.165) is 31.5 Å². The van der Waals surface area contributed by atoms with Crippen LogP contribution in [0.25, 0.3) is 0 Å². The van der Waals surface area contributed by atoms with Gasteiger partial charge in [0.1, 0.15) is 5.82 Å². The van der Waals surface area contributed by atoms with Crippen molar-refractivity contribution in [2.24, 2.45) is 0 Å². The van der Waals surface area contributed by atoms with Crippen LogP contribution in [0.1, 0.15) is 53.5 Å². The van der Waals surface area contributed by atoms with Gasteiger partial charge in [-0.15, -0.1) is 5.10 Å². The van der Waals surface area contributed by atoms with E-state index in [-0.39, 0.29) is 29.5 Å². The minimum Gasteiger partial charge on any atom is -0.344 e. The second-order valence-electron chi connectivity index (χ2n) is 6.27. The first kappa shape index (κ1) is 16.6. The number of carbonyl (C=O) groups excluding carboxylic acids is 1. The zero-order valence-corrected chi connectivity index (χ0v) is 13.9. The molecule has 7 heteroatoms. The van der Waals surface area contributed by atoms with Crippen molar-refractivity contribution in [3.8, 4) is 0 Å². The number of hydrogen-bond acceptors (Lipinski definition) is 4. The number of nitrogens with zero attached hydrogens (tertiary/aromatic N) is 3. The Morgan fingerprint density at radius 1 is 1.42 bits per heavy atom. The zero-order chi connectivity index (χ0) is 17.1. The Morgan fingerprint density at radius 3 is 2.88 bits per heavy atom. The predicted octanol–water partition coefficient (Wildman–Crippen LogP) is 2.14. The molecule has 0 bridgehead atoms. The molecule has 2 heterocycles. The SMILES string of the molecule is Cc1ccc(C(C)NC(=O)c2cn(C3CCNCC3)nn2)cc1F. The van der Waals surface area contributed by atoms with Gasteiger partial charge in [-0.3, -0.25) is 4.79 Å². The topological polar surface area (TPSA) is 71.8 Å². The van der Waals surface area contributed by atoms with E-state index >= 15 is 0 Å². The highest BCUT2D eigenvalue weighted by Crippen LogP contribution is 2.18. The Kier molecular flexibility index (Phi) is 4.89. The Hall–Kier alpha value is -2.28. The average Bonchev–Trinajstić information content (AvgIpc) is 3.08. The summed E-state index contributed by atoms with van der Waals surface area (Å²) in [7, 11) is 0. The molecule has 0 saturated carbocycles. The molecular weight excluding hydrogens is 309 g/mol. The molecule has 1 unspecified atom stereocenters. The molecule has 24 heavy (non-hydrogen) atoms. The number of aromatic nitrogens is 3. The minimum atomic E-state index is -0.309. The van der Waals surface area contributed by atoms with Crippen molar-refractivity contribution in [2.75, 3.05) is 13.1 Å². The number of hydrogen-bond donors (Lipinski definition) is 2. The molecule has 0 aliphatic carbocycles. The van der Waals surface area contributed by atoms with Crippen molar-refractivity contribution in [3.63, 3.8) is 0 Å². The van der Waals surface area contributed by atoms with E-state index in [4.69, 9.17) is 0 Å². The van der Waals surface area contributed by atoms with Crippen LogP contribution < -0.4 is 10.6 Å². The van der Waals surface area contributed by atoms with E-state index in [1.165, 1.54) is 6.07 Å². The molecule has 1 saturated heterocycles. The molecule has 1 atom stereocenters. The van der Waals surface area contributed by atoms with Crippen LogP contribution in [-0.4, -0.2) is 34.0 Å². The van der Waals surface area contributed by atoms with Gasteiger partial charge < -0.3 is 10.6 Å². The first-order chi connectivity index (χ1) is 11.5. The van der Waals surface area contributed by atoms with Crippen LogP contribution in [0.3, 0.4) is 0 Å². The lowest BCUT2D eigenvalue weighted by molar-refractivity contribution is 0.0934. The van der Waals surface area contributed by atoms with E-state index in [2.05, 4.69) is 20.9 Å². The summed E-state index contributed by atoms with van der Waals surface area (Å²) >= 11 is 0. The number of aryl methyl sites for hydroxylation is 1. The molecule has 0 radical (unpaired) electrons. The lowest BCUT2D eigenvalue weighted by atomic mass is 10.1. The van der Waals surface area contributed by atoms with Crippen molar-refractivity contribution in [1.82, 2.24) is 25.6 Å². The zero-order valence-electron chi connectivity index (χ0n) is 13.9. The van der Waals surface area contributed by atoms with Gasteiger partial charge in [-0.2, -0.15) is 0 Å². The summed E-state index contributed by atoms with van der Waals surface area (Å²) in [5, 5.41) is 14.2. The maximum atomic E-state index is 13.7. The quantitative estimate of drug-likeness (QED) is 0.900. The molecule has 6 nitrogen and oxygen atoms in total. The fraction of sp³-hybridized carbons (Fsp3) is 0.471. The molecule has 1 aromatic heterocycles. The highest BCUT2D eigenvalue weighted by Gasteiger charge is 2.20. The summed E-state index contributed by atoms with van der Waals surface area (Å²) in [4.78, 5) is 12.3. The number of rotatable bonds is 4. The second kappa shape index (κ2) is 7.09. The molecular formula is C17H22FN5O. The average molecular weight is 331 g/mol. The third kappa shape index (κ3) is 3.62. The van der Waals surface area contributed by atoms with E-state index < -0.39 is 0 Å². The van der Waals surface area contributed by atoms with Crippen LogP contribution in [-0.2, 0) is 0 Å². The molecule has 1 aliphatic rings. The number of carbonyl (C=O) groups is 1. The Balaban J connectivity index is 1.66. The predicted molar refractivity (Wildman–Crippen MR) is 88.2 cm³/mol. The summed E-state index contributed by atoms with van der Waals surface area (Å²) in [5.74, 6) is -0.575. The molecule has 0 spiro atoms. The number of nitrogens with one attached hydrogen (secondary N) is 2. The van der Waals surface area contributed by atoms with Crippen LogP contribution in [0.15, 0.2) is 24.4 Å². The van der Waals surface area contributed by atoms with E-state index in [1.54, 1.807) is 23.9 Å². The van der Waals surface area contributed by atoms with Gasteiger partial charge in [0, 0.05) is 0 Å². The first-order valence-corrected chi connectivity index (χ1v) is 8.24. The van der Waals surface area contributed by atoms with Crippen molar-refractivity contribution >= 4 is 5.91 Å². The van der Waals surface area contributed by atoms with Crippen molar-refractivity contribution in [1.29, 1.82) is 0 Å². The van der Waals surface area contributed by atoms with Gasteiger partial charge >= 0.3 is 0 Å². The van der Waals surface area contributed by atoms with Gasteiger partial charge in [0.25, 0.3) is 5.91 Å². The molecule has 1 aromatic carbocycles. The van der Waals surface area contributed by atoms with Crippen molar-refractivity contribution < 1.29 is 9.18 Å². The Bertz CT molecular complexity index is 724. The van der Waals surface area contributed by atoms with Gasteiger partial charge in [0.15, 0.2) is 5.69 Å². The minimum absolute atomic E-state index is 0.273. The fourth-order valence-corrected chi connectivity index (χ4v) is 2.86. The van der Waals surface area contributed by atoms with Crippen LogP contribution in [0.2, 0.25) is 0 Å². The second-order valence-corrected chi connectivity index (χ2v) is 6.27. The van der Waals surface area contributed by atoms with Gasteiger partial charge in [-0.05, 0) is 57.0 Å². The van der Waals surface area contributed by atoms with Crippen LogP contribution in [0, 0.1) is 12.7 Å². The van der Waals surface area contributed by atoms with Gasteiger partial charge in [-0.1, -0.05) is 17.3 Å². The van der Waals surface area contributed by atoms with Gasteiger partial charge in [0.2, 0.25) is 0 Å². The standard InChI is InChI=1S/C17H22FN5O/c1-11-3-4-13(9-15(11)18)12(2)20-17(24)16-10-23(22-21-16)14-5-7-19-8-6-14/h3-4,9-10,12,14,19H,5-8H2,1-2H3,(H,20,24). The number of amides is 1. The lowest BCUT2D eigenvalue weighted by Gasteiger charge is -2.22. The molecule has 2 aromatic rings. The van der Waals surface area contributed by atoms with Gasteiger partial charge in [-0.25, -0.2) is 9.07 Å². The maximum Gasteiger partial charge on any atom is 0.273 e. The third-order valence-electron chi connectivity index (χ3n) is 4.47. The summed E-state index contributed by atoms with van der Waals surface area (Å²) in [6.45, 7) is 5.42. The summed E-state index contributed by atoms with van der Waals surface area (Å²) in [5.41, 5.74) is 1.59.